The van der Waals surface area contributed by atoms with E-state index in [2.05, 4.69) is 50.5 Å². The van der Waals surface area contributed by atoms with Crippen LogP contribution in [-0.4, -0.2) is 78.8 Å². The summed E-state index contributed by atoms with van der Waals surface area (Å²) in [5.74, 6) is 2.70. The Morgan fingerprint density at radius 2 is 0.981 bits per heavy atom. The molecule has 1 atom stereocenters. The van der Waals surface area contributed by atoms with E-state index in [9.17, 15) is 4.21 Å². The SMILES string of the molecule is COc1cc(OC)c(Cl)c(Nc2ncncc2-c2cc(N)ncn2)c1Cl.COc1cc(OC)c(Cl)c(Nc2ncncc2-c2cc(S(C)=O)ncn2)c1Cl. The average Bonchev–Trinajstić information content (AvgIpc) is 3.19. The molecule has 0 aliphatic heterocycles. The van der Waals surface area contributed by atoms with Crippen LogP contribution in [0.4, 0.5) is 28.8 Å². The van der Waals surface area contributed by atoms with Crippen LogP contribution in [-0.2, 0) is 10.8 Å². The fourth-order valence-corrected chi connectivity index (χ4v) is 6.29. The van der Waals surface area contributed by atoms with Gasteiger partial charge in [-0.25, -0.2) is 39.9 Å². The van der Waals surface area contributed by atoms with Gasteiger partial charge in [0.2, 0.25) is 0 Å². The van der Waals surface area contributed by atoms with Gasteiger partial charge in [-0.3, -0.25) is 4.21 Å². The predicted octanol–water partition coefficient (Wildman–Crippen LogP) is 7.32. The summed E-state index contributed by atoms with van der Waals surface area (Å²) in [6, 6.07) is 6.40. The van der Waals surface area contributed by atoms with Gasteiger partial charge < -0.3 is 35.3 Å². The zero-order valence-corrected chi connectivity index (χ0v) is 32.7. The zero-order chi connectivity index (χ0) is 38.9. The molecule has 4 N–H and O–H groups in total. The van der Waals surface area contributed by atoms with Gasteiger partial charge in [0.25, 0.3) is 0 Å². The molecule has 0 aliphatic rings. The van der Waals surface area contributed by atoms with Gasteiger partial charge in [-0.1, -0.05) is 46.4 Å². The van der Waals surface area contributed by atoms with Gasteiger partial charge in [0.1, 0.15) is 90.9 Å². The third-order valence-corrected chi connectivity index (χ3v) is 9.55. The van der Waals surface area contributed by atoms with Gasteiger partial charge in [-0.2, -0.15) is 0 Å². The Hall–Kier alpha value is -5.33. The van der Waals surface area contributed by atoms with E-state index in [-0.39, 0.29) is 20.1 Å². The molecule has 1 unspecified atom stereocenters. The lowest BCUT2D eigenvalue weighted by Gasteiger charge is -2.17. The van der Waals surface area contributed by atoms with Crippen molar-refractivity contribution in [3.63, 3.8) is 0 Å². The standard InChI is InChI=1S/C17H15Cl2N5O3S.C16H14Cl2N6O2/c1-26-11-5-12(27-2)15(19)16(14(11)18)24-17-9(6-20-7-23-17)10-4-13(28(3)25)22-8-21-10;1-25-10-4-11(26-2)14(18)15(13(10)17)24-16-8(5-20-6-23-16)9-3-12(19)22-7-21-9/h4-8H,1-3H3,(H,20,23,24);3-7H,1-2H3,(H2,19,21,22)(H,20,23,24). The Morgan fingerprint density at radius 3 is 1.37 bits per heavy atom. The number of halogens is 4. The van der Waals surface area contributed by atoms with E-state index >= 15 is 0 Å². The van der Waals surface area contributed by atoms with E-state index in [4.69, 9.17) is 71.1 Å². The Bertz CT molecular complexity index is 2270. The molecule has 0 saturated carbocycles. The van der Waals surface area contributed by atoms with Crippen LogP contribution in [0.2, 0.25) is 20.1 Å². The highest BCUT2D eigenvalue weighted by Crippen LogP contribution is 2.47. The molecule has 0 spiro atoms. The fourth-order valence-electron chi connectivity index (χ4n) is 4.62. The van der Waals surface area contributed by atoms with E-state index in [1.54, 1.807) is 36.7 Å². The third-order valence-electron chi connectivity index (χ3n) is 7.24. The van der Waals surface area contributed by atoms with Crippen molar-refractivity contribution in [3.05, 3.63) is 82.1 Å². The summed E-state index contributed by atoms with van der Waals surface area (Å²) in [7, 11) is 4.71. The lowest BCUT2D eigenvalue weighted by atomic mass is 10.2. The summed E-state index contributed by atoms with van der Waals surface area (Å²) in [6.07, 6.45) is 10.1. The number of nitrogens with two attached hydrogens (primary N) is 1. The van der Waals surface area contributed by atoms with Crippen molar-refractivity contribution in [2.24, 2.45) is 0 Å². The first-order valence-electron chi connectivity index (χ1n) is 15.1. The minimum absolute atomic E-state index is 0.260. The molecule has 0 amide bonds. The number of aromatic nitrogens is 8. The van der Waals surface area contributed by atoms with Crippen molar-refractivity contribution in [3.8, 4) is 45.5 Å². The number of nitrogens with zero attached hydrogens (tertiary/aromatic N) is 8. The number of benzene rings is 2. The molecular formula is C33H29Cl4N11O5S. The zero-order valence-electron chi connectivity index (χ0n) is 28.9. The monoisotopic (exact) mass is 831 g/mol. The van der Waals surface area contributed by atoms with Gasteiger partial charge in [0.15, 0.2) is 0 Å². The lowest BCUT2D eigenvalue weighted by molar-refractivity contribution is 0.395. The molecule has 4 heterocycles. The van der Waals surface area contributed by atoms with Crippen molar-refractivity contribution in [2.75, 3.05) is 51.1 Å². The first kappa shape index (κ1) is 39.9. The van der Waals surface area contributed by atoms with Crippen LogP contribution in [0.5, 0.6) is 23.0 Å². The number of hydrogen-bond donors (Lipinski definition) is 3. The van der Waals surface area contributed by atoms with Gasteiger partial charge in [0, 0.05) is 36.8 Å². The molecule has 280 valence electrons. The number of rotatable bonds is 11. The lowest BCUT2D eigenvalue weighted by Crippen LogP contribution is -2.02. The van der Waals surface area contributed by atoms with Crippen LogP contribution in [0.1, 0.15) is 0 Å². The fraction of sp³-hybridized carbons (Fsp3) is 0.152. The number of hydrogen-bond acceptors (Lipinski definition) is 16. The largest absolute Gasteiger partial charge is 0.495 e. The molecule has 0 radical (unpaired) electrons. The van der Waals surface area contributed by atoms with Crippen molar-refractivity contribution in [1.29, 1.82) is 0 Å². The Labute approximate surface area is 331 Å². The van der Waals surface area contributed by atoms with Gasteiger partial charge >= 0.3 is 0 Å². The molecule has 0 bridgehead atoms. The van der Waals surface area contributed by atoms with E-state index in [1.807, 2.05) is 0 Å². The normalized spacial score (nSPS) is 11.1. The number of nitrogen functional groups attached to an aromatic ring is 1. The maximum absolute atomic E-state index is 11.7. The van der Waals surface area contributed by atoms with Crippen LogP contribution >= 0.6 is 46.4 Å². The summed E-state index contributed by atoms with van der Waals surface area (Å²) in [5, 5.41) is 7.67. The first-order valence-corrected chi connectivity index (χ1v) is 18.2. The molecule has 2 aromatic carbocycles. The second kappa shape index (κ2) is 18.1. The van der Waals surface area contributed by atoms with Crippen LogP contribution < -0.4 is 35.3 Å². The number of ether oxygens (including phenoxy) is 4. The van der Waals surface area contributed by atoms with Crippen molar-refractivity contribution >= 4 is 86.0 Å². The maximum atomic E-state index is 11.7. The topological polar surface area (TPSA) is 207 Å². The average molecular weight is 834 g/mol. The minimum Gasteiger partial charge on any atom is -0.495 e. The van der Waals surface area contributed by atoms with E-state index in [0.29, 0.717) is 79.4 Å². The van der Waals surface area contributed by atoms with E-state index < -0.39 is 10.8 Å². The molecule has 4 aromatic heterocycles. The number of nitrogens with one attached hydrogen (secondary N) is 2. The highest BCUT2D eigenvalue weighted by molar-refractivity contribution is 7.84. The molecule has 6 aromatic rings. The summed E-state index contributed by atoms with van der Waals surface area (Å²) in [6.45, 7) is 0. The van der Waals surface area contributed by atoms with E-state index in [1.165, 1.54) is 60.0 Å². The highest BCUT2D eigenvalue weighted by Gasteiger charge is 2.21. The van der Waals surface area contributed by atoms with Crippen LogP contribution in [0.25, 0.3) is 22.5 Å². The summed E-state index contributed by atoms with van der Waals surface area (Å²) >= 11 is 25.6. The molecule has 54 heavy (non-hydrogen) atoms. The third kappa shape index (κ3) is 8.88. The van der Waals surface area contributed by atoms with Crippen LogP contribution in [0.15, 0.2) is 67.0 Å². The van der Waals surface area contributed by atoms with E-state index in [0.717, 1.165) is 0 Å². The predicted molar refractivity (Wildman–Crippen MR) is 209 cm³/mol. The highest BCUT2D eigenvalue weighted by atomic mass is 35.5. The van der Waals surface area contributed by atoms with Crippen molar-refractivity contribution in [1.82, 2.24) is 39.9 Å². The molecule has 0 fully saturated rings. The molecule has 0 saturated heterocycles. The minimum atomic E-state index is -1.26. The van der Waals surface area contributed by atoms with Gasteiger partial charge in [-0.05, 0) is 6.07 Å². The molecule has 0 aliphatic carbocycles. The Morgan fingerprint density at radius 1 is 0.574 bits per heavy atom. The Kier molecular flexibility index (Phi) is 13.4. The number of methoxy groups -OCH3 is 4. The smallest absolute Gasteiger partial charge is 0.143 e. The quantitative estimate of drug-likeness (QED) is 0.109. The maximum Gasteiger partial charge on any atom is 0.143 e. The summed E-state index contributed by atoms with van der Waals surface area (Å²) in [5.41, 5.74) is 8.65. The molecular weight excluding hydrogens is 804 g/mol. The molecule has 6 rings (SSSR count). The van der Waals surface area contributed by atoms with Crippen LogP contribution in [0.3, 0.4) is 0 Å². The molecule has 21 heteroatoms. The summed E-state index contributed by atoms with van der Waals surface area (Å²) < 4.78 is 32.8. The first-order chi connectivity index (χ1) is 26.0. The van der Waals surface area contributed by atoms with Gasteiger partial charge in [0.05, 0.1) is 73.1 Å². The Balaban J connectivity index is 0.000000208. The van der Waals surface area contributed by atoms with Crippen molar-refractivity contribution < 1.29 is 23.2 Å². The molecule has 16 nitrogen and oxygen atoms in total. The van der Waals surface area contributed by atoms with Crippen LogP contribution in [0, 0.1) is 0 Å². The summed E-state index contributed by atoms with van der Waals surface area (Å²) in [4.78, 5) is 32.9. The number of anilines is 5. The van der Waals surface area contributed by atoms with Crippen molar-refractivity contribution in [2.45, 2.75) is 5.03 Å². The second-order valence-electron chi connectivity index (χ2n) is 10.4. The van der Waals surface area contributed by atoms with Gasteiger partial charge in [-0.15, -0.1) is 0 Å². The second-order valence-corrected chi connectivity index (χ2v) is 13.3.